The first-order valence-corrected chi connectivity index (χ1v) is 5.78. The van der Waals surface area contributed by atoms with Crippen molar-refractivity contribution in [1.82, 2.24) is 4.98 Å². The largest absolute Gasteiger partial charge is 0.329 e. The Morgan fingerprint density at radius 1 is 1.28 bits per heavy atom. The standard InChI is InChI=1S/C14H14N2O2/c1-2-10-5-3-4-6-12(10)16-14(18)11-7-8-15-13(17)9-11/h3-9H,2H2,1H3,(H,15,17)(H,16,18). The first-order chi connectivity index (χ1) is 8.70. The van der Waals surface area contributed by atoms with E-state index in [1.807, 2.05) is 31.2 Å². The molecule has 1 aromatic heterocycles. The molecule has 1 amide bonds. The van der Waals surface area contributed by atoms with Crippen LogP contribution in [0.5, 0.6) is 0 Å². The molecule has 4 nitrogen and oxygen atoms in total. The number of para-hydroxylation sites is 1. The number of aryl methyl sites for hydroxylation is 1. The molecule has 1 heterocycles. The maximum atomic E-state index is 12.0. The molecule has 2 N–H and O–H groups in total. The number of pyridine rings is 1. The Labute approximate surface area is 105 Å². The van der Waals surface area contributed by atoms with Crippen LogP contribution in [0, 0.1) is 0 Å². The van der Waals surface area contributed by atoms with Crippen molar-refractivity contribution in [3.8, 4) is 0 Å². The highest BCUT2D eigenvalue weighted by atomic mass is 16.2. The van der Waals surface area contributed by atoms with Crippen molar-refractivity contribution >= 4 is 11.6 Å². The molecule has 1 aromatic carbocycles. The van der Waals surface area contributed by atoms with Gasteiger partial charge < -0.3 is 10.3 Å². The van der Waals surface area contributed by atoms with Gasteiger partial charge in [-0.3, -0.25) is 9.59 Å². The molecule has 0 aliphatic heterocycles. The van der Waals surface area contributed by atoms with Gasteiger partial charge in [0.15, 0.2) is 0 Å². The summed E-state index contributed by atoms with van der Waals surface area (Å²) in [6.45, 7) is 2.03. The lowest BCUT2D eigenvalue weighted by Crippen LogP contribution is -2.16. The third kappa shape index (κ3) is 2.66. The molecule has 0 aliphatic rings. The number of carbonyl (C=O) groups excluding carboxylic acids is 1. The molecule has 0 spiro atoms. The van der Waals surface area contributed by atoms with Gasteiger partial charge in [-0.05, 0) is 24.1 Å². The van der Waals surface area contributed by atoms with Crippen LogP contribution >= 0.6 is 0 Å². The van der Waals surface area contributed by atoms with Gasteiger partial charge >= 0.3 is 0 Å². The summed E-state index contributed by atoms with van der Waals surface area (Å²) in [5.74, 6) is -0.276. The molecule has 0 radical (unpaired) electrons. The van der Waals surface area contributed by atoms with E-state index >= 15 is 0 Å². The van der Waals surface area contributed by atoms with E-state index in [-0.39, 0.29) is 11.5 Å². The minimum absolute atomic E-state index is 0.276. The lowest BCUT2D eigenvalue weighted by atomic mass is 10.1. The van der Waals surface area contributed by atoms with E-state index in [2.05, 4.69) is 10.3 Å². The van der Waals surface area contributed by atoms with Gasteiger partial charge in [0, 0.05) is 23.5 Å². The minimum Gasteiger partial charge on any atom is -0.329 e. The van der Waals surface area contributed by atoms with Crippen LogP contribution in [0.3, 0.4) is 0 Å². The molecule has 0 atom stereocenters. The first kappa shape index (κ1) is 12.1. The molecule has 2 rings (SSSR count). The Kier molecular flexibility index (Phi) is 3.57. The van der Waals surface area contributed by atoms with Crippen LogP contribution in [-0.4, -0.2) is 10.9 Å². The first-order valence-electron chi connectivity index (χ1n) is 5.78. The topological polar surface area (TPSA) is 62.0 Å². The number of anilines is 1. The van der Waals surface area contributed by atoms with Crippen molar-refractivity contribution in [3.05, 3.63) is 64.1 Å². The zero-order valence-electron chi connectivity index (χ0n) is 10.1. The summed E-state index contributed by atoms with van der Waals surface area (Å²) in [5.41, 5.74) is 1.91. The maximum absolute atomic E-state index is 12.0. The van der Waals surface area contributed by atoms with Crippen LogP contribution < -0.4 is 10.9 Å². The van der Waals surface area contributed by atoms with Gasteiger partial charge in [-0.25, -0.2) is 0 Å². The van der Waals surface area contributed by atoms with Crippen molar-refractivity contribution in [2.45, 2.75) is 13.3 Å². The van der Waals surface area contributed by atoms with Crippen molar-refractivity contribution in [2.75, 3.05) is 5.32 Å². The fourth-order valence-corrected chi connectivity index (χ4v) is 1.73. The molecule has 0 fully saturated rings. The molecule has 18 heavy (non-hydrogen) atoms. The average molecular weight is 242 g/mol. The molecule has 2 aromatic rings. The molecule has 0 unspecified atom stereocenters. The van der Waals surface area contributed by atoms with Gasteiger partial charge in [-0.1, -0.05) is 25.1 Å². The number of nitrogens with one attached hydrogen (secondary N) is 2. The van der Waals surface area contributed by atoms with Crippen LogP contribution in [0.1, 0.15) is 22.8 Å². The van der Waals surface area contributed by atoms with Crippen molar-refractivity contribution in [3.63, 3.8) is 0 Å². The Morgan fingerprint density at radius 2 is 2.06 bits per heavy atom. The number of hydrogen-bond acceptors (Lipinski definition) is 2. The van der Waals surface area contributed by atoms with Crippen LogP contribution in [0.4, 0.5) is 5.69 Å². The van der Waals surface area contributed by atoms with Gasteiger partial charge in [-0.2, -0.15) is 0 Å². The maximum Gasteiger partial charge on any atom is 0.255 e. The third-order valence-corrected chi connectivity index (χ3v) is 2.68. The van der Waals surface area contributed by atoms with E-state index in [0.29, 0.717) is 5.56 Å². The second kappa shape index (κ2) is 5.31. The number of hydrogen-bond donors (Lipinski definition) is 2. The fourth-order valence-electron chi connectivity index (χ4n) is 1.73. The highest BCUT2D eigenvalue weighted by Gasteiger charge is 2.08. The summed E-state index contributed by atoms with van der Waals surface area (Å²) in [7, 11) is 0. The number of H-pyrrole nitrogens is 1. The van der Waals surface area contributed by atoms with E-state index in [0.717, 1.165) is 17.7 Å². The van der Waals surface area contributed by atoms with E-state index in [1.54, 1.807) is 6.07 Å². The highest BCUT2D eigenvalue weighted by molar-refractivity contribution is 6.04. The fraction of sp³-hybridized carbons (Fsp3) is 0.143. The molecule has 4 heteroatoms. The van der Waals surface area contributed by atoms with Crippen LogP contribution in [0.15, 0.2) is 47.4 Å². The van der Waals surface area contributed by atoms with Crippen molar-refractivity contribution in [2.24, 2.45) is 0 Å². The predicted octanol–water partition coefficient (Wildman–Crippen LogP) is 2.19. The Bertz CT molecular complexity index is 617. The quantitative estimate of drug-likeness (QED) is 0.866. The molecule has 0 saturated carbocycles. The van der Waals surface area contributed by atoms with Crippen LogP contribution in [0.25, 0.3) is 0 Å². The monoisotopic (exact) mass is 242 g/mol. The lowest BCUT2D eigenvalue weighted by molar-refractivity contribution is 0.102. The summed E-state index contributed by atoms with van der Waals surface area (Å²) >= 11 is 0. The number of benzene rings is 1. The van der Waals surface area contributed by atoms with E-state index in [1.165, 1.54) is 12.3 Å². The SMILES string of the molecule is CCc1ccccc1NC(=O)c1cc[nH]c(=O)c1. The van der Waals surface area contributed by atoms with Crippen molar-refractivity contribution < 1.29 is 4.79 Å². The Morgan fingerprint density at radius 3 is 2.78 bits per heavy atom. The van der Waals surface area contributed by atoms with Gasteiger partial charge in [0.1, 0.15) is 0 Å². The van der Waals surface area contributed by atoms with Crippen LogP contribution in [0.2, 0.25) is 0 Å². The molecule has 92 valence electrons. The normalized spacial score (nSPS) is 10.1. The van der Waals surface area contributed by atoms with Crippen LogP contribution in [-0.2, 0) is 6.42 Å². The molecule has 0 saturated heterocycles. The summed E-state index contributed by atoms with van der Waals surface area (Å²) in [5, 5.41) is 2.81. The second-order valence-corrected chi connectivity index (χ2v) is 3.91. The van der Waals surface area contributed by atoms with E-state index in [9.17, 15) is 9.59 Å². The predicted molar refractivity (Wildman–Crippen MR) is 70.8 cm³/mol. The lowest BCUT2D eigenvalue weighted by Gasteiger charge is -2.09. The Balaban J connectivity index is 2.24. The molecular weight excluding hydrogens is 228 g/mol. The smallest absolute Gasteiger partial charge is 0.255 e. The minimum atomic E-state index is -0.286. The molecule has 0 bridgehead atoms. The number of aromatic nitrogens is 1. The van der Waals surface area contributed by atoms with Crippen molar-refractivity contribution in [1.29, 1.82) is 0 Å². The Hall–Kier alpha value is -2.36. The van der Waals surface area contributed by atoms with E-state index in [4.69, 9.17) is 0 Å². The summed E-state index contributed by atoms with van der Waals surface area (Å²) in [6.07, 6.45) is 2.30. The van der Waals surface area contributed by atoms with Gasteiger partial charge in [0.25, 0.3) is 5.91 Å². The number of aromatic amines is 1. The van der Waals surface area contributed by atoms with E-state index < -0.39 is 0 Å². The second-order valence-electron chi connectivity index (χ2n) is 3.91. The summed E-state index contributed by atoms with van der Waals surface area (Å²) in [4.78, 5) is 25.6. The zero-order valence-corrected chi connectivity index (χ0v) is 10.1. The summed E-state index contributed by atoms with van der Waals surface area (Å²) in [6, 6.07) is 10.5. The van der Waals surface area contributed by atoms with Gasteiger partial charge in [0.05, 0.1) is 0 Å². The highest BCUT2D eigenvalue weighted by Crippen LogP contribution is 2.16. The summed E-state index contributed by atoms with van der Waals surface area (Å²) < 4.78 is 0. The number of carbonyl (C=O) groups is 1. The third-order valence-electron chi connectivity index (χ3n) is 2.68. The van der Waals surface area contributed by atoms with Gasteiger partial charge in [0.2, 0.25) is 5.56 Å². The average Bonchev–Trinajstić information content (AvgIpc) is 2.39. The zero-order chi connectivity index (χ0) is 13.0. The number of rotatable bonds is 3. The molecular formula is C14H14N2O2. The van der Waals surface area contributed by atoms with Gasteiger partial charge in [-0.15, -0.1) is 0 Å². The molecule has 0 aliphatic carbocycles. The number of amides is 1.